The first-order valence-electron chi connectivity index (χ1n) is 10.7. The second-order valence-corrected chi connectivity index (χ2v) is 9.86. The van der Waals surface area contributed by atoms with Crippen LogP contribution in [0, 0.1) is 5.92 Å². The molecule has 1 aliphatic rings. The van der Waals surface area contributed by atoms with Crippen molar-refractivity contribution in [3.63, 3.8) is 0 Å². The second kappa shape index (κ2) is 10.8. The van der Waals surface area contributed by atoms with E-state index in [0.29, 0.717) is 24.8 Å². The van der Waals surface area contributed by atoms with E-state index < -0.39 is 10.0 Å². The van der Waals surface area contributed by atoms with E-state index in [-0.39, 0.29) is 4.90 Å². The van der Waals surface area contributed by atoms with Gasteiger partial charge in [0.05, 0.1) is 11.5 Å². The summed E-state index contributed by atoms with van der Waals surface area (Å²) in [5.41, 5.74) is 1.27. The Morgan fingerprint density at radius 2 is 1.63 bits per heavy atom. The highest BCUT2D eigenvalue weighted by molar-refractivity contribution is 7.89. The summed E-state index contributed by atoms with van der Waals surface area (Å²) in [6.07, 6.45) is 0.792. The predicted molar refractivity (Wildman–Crippen MR) is 122 cm³/mol. The zero-order valence-electron chi connectivity index (χ0n) is 18.0. The molecule has 2 aromatic carbocycles. The van der Waals surface area contributed by atoms with Gasteiger partial charge in [0, 0.05) is 38.4 Å². The molecular weight excluding hydrogens is 398 g/mol. The van der Waals surface area contributed by atoms with Gasteiger partial charge in [-0.3, -0.25) is 4.90 Å². The van der Waals surface area contributed by atoms with Crippen LogP contribution >= 0.6 is 0 Å². The van der Waals surface area contributed by atoms with E-state index in [9.17, 15) is 8.42 Å². The Kier molecular flexibility index (Phi) is 8.13. The zero-order chi connectivity index (χ0) is 21.4. The largest absolute Gasteiger partial charge is 0.493 e. The highest BCUT2D eigenvalue weighted by Crippen LogP contribution is 2.17. The molecule has 0 aromatic heterocycles. The lowest BCUT2D eigenvalue weighted by Gasteiger charge is -2.36. The minimum absolute atomic E-state index is 0.274. The summed E-state index contributed by atoms with van der Waals surface area (Å²) in [5, 5.41) is 0. The van der Waals surface area contributed by atoms with Crippen molar-refractivity contribution in [2.75, 3.05) is 50.8 Å². The van der Waals surface area contributed by atoms with Crippen LogP contribution in [0.3, 0.4) is 0 Å². The molecule has 1 saturated heterocycles. The van der Waals surface area contributed by atoms with E-state index in [2.05, 4.69) is 52.6 Å². The van der Waals surface area contributed by atoms with Gasteiger partial charge < -0.3 is 9.64 Å². The number of nitrogens with zero attached hydrogens (tertiary/aromatic N) is 2. The molecule has 0 unspecified atom stereocenters. The SMILES string of the molecule is CC(C)COc1ccc(S(=O)(=O)NCCCN2CCN(c3ccccc3)CC2)cc1. The number of nitrogens with one attached hydrogen (secondary N) is 1. The molecule has 7 heteroatoms. The summed E-state index contributed by atoms with van der Waals surface area (Å²) in [5.74, 6) is 1.12. The quantitative estimate of drug-likeness (QED) is 0.586. The van der Waals surface area contributed by atoms with Gasteiger partial charge in [-0.2, -0.15) is 0 Å². The molecule has 1 aliphatic heterocycles. The lowest BCUT2D eigenvalue weighted by atomic mass is 10.2. The third kappa shape index (κ3) is 6.72. The molecule has 0 saturated carbocycles. The maximum Gasteiger partial charge on any atom is 0.240 e. The molecule has 0 aliphatic carbocycles. The maximum absolute atomic E-state index is 12.5. The van der Waals surface area contributed by atoms with Crippen LogP contribution in [0.5, 0.6) is 5.75 Å². The van der Waals surface area contributed by atoms with Crippen LogP contribution in [0.25, 0.3) is 0 Å². The average molecular weight is 432 g/mol. The van der Waals surface area contributed by atoms with Gasteiger partial charge in [0.25, 0.3) is 0 Å². The number of hydrogen-bond donors (Lipinski definition) is 1. The van der Waals surface area contributed by atoms with Crippen molar-refractivity contribution in [1.29, 1.82) is 0 Å². The standard InChI is InChI=1S/C23H33N3O3S/c1-20(2)19-29-22-9-11-23(12-10-22)30(27,28)24-13-6-14-25-15-17-26(18-16-25)21-7-4-3-5-8-21/h3-5,7-12,20,24H,6,13-19H2,1-2H3. The molecule has 0 radical (unpaired) electrons. The van der Waals surface area contributed by atoms with Gasteiger partial charge in [0.2, 0.25) is 10.0 Å². The van der Waals surface area contributed by atoms with Gasteiger partial charge >= 0.3 is 0 Å². The first-order valence-corrected chi connectivity index (χ1v) is 12.2. The van der Waals surface area contributed by atoms with Crippen molar-refractivity contribution in [2.45, 2.75) is 25.2 Å². The minimum atomic E-state index is -3.49. The van der Waals surface area contributed by atoms with E-state index in [1.54, 1.807) is 24.3 Å². The Balaban J connectivity index is 1.37. The van der Waals surface area contributed by atoms with Crippen LogP contribution in [0.15, 0.2) is 59.5 Å². The van der Waals surface area contributed by atoms with Crippen LogP contribution in [-0.2, 0) is 10.0 Å². The summed E-state index contributed by atoms with van der Waals surface area (Å²) >= 11 is 0. The molecule has 0 amide bonds. The maximum atomic E-state index is 12.5. The summed E-state index contributed by atoms with van der Waals surface area (Å²) in [4.78, 5) is 5.07. The summed E-state index contributed by atoms with van der Waals surface area (Å²) in [6, 6.07) is 17.1. The molecule has 30 heavy (non-hydrogen) atoms. The second-order valence-electron chi connectivity index (χ2n) is 8.09. The van der Waals surface area contributed by atoms with Crippen LogP contribution in [0.2, 0.25) is 0 Å². The van der Waals surface area contributed by atoms with Crippen molar-refractivity contribution >= 4 is 15.7 Å². The van der Waals surface area contributed by atoms with Crippen LogP contribution in [0.4, 0.5) is 5.69 Å². The fourth-order valence-corrected chi connectivity index (χ4v) is 4.51. The molecular formula is C23H33N3O3S. The molecule has 0 spiro atoms. The average Bonchev–Trinajstić information content (AvgIpc) is 2.77. The summed E-state index contributed by atoms with van der Waals surface area (Å²) in [7, 11) is -3.49. The van der Waals surface area contributed by atoms with Crippen LogP contribution < -0.4 is 14.4 Å². The Morgan fingerprint density at radius 3 is 2.27 bits per heavy atom. The number of para-hydroxylation sites is 1. The minimum Gasteiger partial charge on any atom is -0.493 e. The zero-order valence-corrected chi connectivity index (χ0v) is 18.8. The van der Waals surface area contributed by atoms with Crippen molar-refractivity contribution in [3.05, 3.63) is 54.6 Å². The molecule has 2 aromatic rings. The number of anilines is 1. The topological polar surface area (TPSA) is 61.9 Å². The number of hydrogen-bond acceptors (Lipinski definition) is 5. The molecule has 1 fully saturated rings. The van der Waals surface area contributed by atoms with Crippen molar-refractivity contribution < 1.29 is 13.2 Å². The smallest absolute Gasteiger partial charge is 0.240 e. The van der Waals surface area contributed by atoms with Crippen molar-refractivity contribution in [1.82, 2.24) is 9.62 Å². The lowest BCUT2D eigenvalue weighted by Crippen LogP contribution is -2.47. The number of ether oxygens (including phenoxy) is 1. The van der Waals surface area contributed by atoms with Gasteiger partial charge in [-0.25, -0.2) is 13.1 Å². The van der Waals surface area contributed by atoms with Gasteiger partial charge in [0.15, 0.2) is 0 Å². The Bertz CT molecular complexity index is 862. The van der Waals surface area contributed by atoms with Gasteiger partial charge in [-0.1, -0.05) is 32.0 Å². The van der Waals surface area contributed by atoms with Gasteiger partial charge in [-0.05, 0) is 55.3 Å². The van der Waals surface area contributed by atoms with Gasteiger partial charge in [0.1, 0.15) is 5.75 Å². The summed E-state index contributed by atoms with van der Waals surface area (Å²) in [6.45, 7) is 10.1. The first-order chi connectivity index (χ1) is 14.4. The fraction of sp³-hybridized carbons (Fsp3) is 0.478. The molecule has 3 rings (SSSR count). The third-order valence-corrected chi connectivity index (χ3v) is 6.63. The molecule has 164 valence electrons. The van der Waals surface area contributed by atoms with Gasteiger partial charge in [-0.15, -0.1) is 0 Å². The van der Waals surface area contributed by atoms with E-state index in [1.807, 2.05) is 6.07 Å². The Hall–Kier alpha value is -2.09. The van der Waals surface area contributed by atoms with Crippen LogP contribution in [-0.4, -0.2) is 59.2 Å². The Morgan fingerprint density at radius 1 is 0.967 bits per heavy atom. The highest BCUT2D eigenvalue weighted by atomic mass is 32.2. The predicted octanol–water partition coefficient (Wildman–Crippen LogP) is 3.21. The monoisotopic (exact) mass is 431 g/mol. The Labute approximate surface area is 180 Å². The third-order valence-electron chi connectivity index (χ3n) is 5.15. The first kappa shape index (κ1) is 22.6. The molecule has 6 nitrogen and oxygen atoms in total. The van der Waals surface area contributed by atoms with E-state index in [0.717, 1.165) is 39.1 Å². The number of benzene rings is 2. The van der Waals surface area contributed by atoms with Crippen LogP contribution in [0.1, 0.15) is 20.3 Å². The summed E-state index contributed by atoms with van der Waals surface area (Å²) < 4.78 is 33.3. The fourth-order valence-electron chi connectivity index (χ4n) is 3.44. The van der Waals surface area contributed by atoms with Crippen molar-refractivity contribution in [2.24, 2.45) is 5.92 Å². The number of rotatable bonds is 10. The molecule has 0 bridgehead atoms. The normalized spacial score (nSPS) is 15.5. The van der Waals surface area contributed by atoms with Crippen molar-refractivity contribution in [3.8, 4) is 5.75 Å². The number of piperazine rings is 1. The molecule has 1 N–H and O–H groups in total. The molecule has 0 atom stereocenters. The van der Waals surface area contributed by atoms with E-state index in [4.69, 9.17) is 4.74 Å². The van der Waals surface area contributed by atoms with E-state index >= 15 is 0 Å². The highest BCUT2D eigenvalue weighted by Gasteiger charge is 2.17. The molecule has 1 heterocycles. The lowest BCUT2D eigenvalue weighted by molar-refractivity contribution is 0.255. The number of sulfonamides is 1. The van der Waals surface area contributed by atoms with E-state index in [1.165, 1.54) is 5.69 Å².